The lowest BCUT2D eigenvalue weighted by Gasteiger charge is -2.32. The number of para-hydroxylation sites is 1. The maximum Gasteiger partial charge on any atom is 0.313 e. The molecule has 1 aromatic rings. The fourth-order valence-electron chi connectivity index (χ4n) is 2.97. The van der Waals surface area contributed by atoms with Crippen LogP contribution in [0.5, 0.6) is 0 Å². The molecular formula is C18H26N2O2. The molecule has 1 aromatic carbocycles. The SMILES string of the molecule is CCC(C)c1ccccc1NC(=O)C(=O)N1CCCCC1C. The second kappa shape index (κ2) is 7.43. The molecule has 120 valence electrons. The zero-order valence-electron chi connectivity index (χ0n) is 13.8. The molecule has 0 saturated carbocycles. The van der Waals surface area contributed by atoms with Gasteiger partial charge in [0.1, 0.15) is 0 Å². The summed E-state index contributed by atoms with van der Waals surface area (Å²) in [7, 11) is 0. The number of rotatable bonds is 3. The molecule has 2 rings (SSSR count). The van der Waals surface area contributed by atoms with Gasteiger partial charge in [0.25, 0.3) is 0 Å². The Morgan fingerprint density at radius 3 is 2.73 bits per heavy atom. The van der Waals surface area contributed by atoms with Crippen LogP contribution in [0.15, 0.2) is 24.3 Å². The first kappa shape index (κ1) is 16.5. The summed E-state index contributed by atoms with van der Waals surface area (Å²) in [6.45, 7) is 6.93. The molecule has 0 spiro atoms. The highest BCUT2D eigenvalue weighted by Gasteiger charge is 2.28. The maximum atomic E-state index is 12.4. The summed E-state index contributed by atoms with van der Waals surface area (Å²) in [5.41, 5.74) is 1.83. The van der Waals surface area contributed by atoms with Gasteiger partial charge in [0.05, 0.1) is 0 Å². The summed E-state index contributed by atoms with van der Waals surface area (Å²) >= 11 is 0. The molecule has 4 heteroatoms. The van der Waals surface area contributed by atoms with Gasteiger partial charge in [0.15, 0.2) is 0 Å². The van der Waals surface area contributed by atoms with Gasteiger partial charge in [-0.2, -0.15) is 0 Å². The lowest BCUT2D eigenvalue weighted by Crippen LogP contribution is -2.47. The van der Waals surface area contributed by atoms with Gasteiger partial charge < -0.3 is 10.2 Å². The molecule has 2 unspecified atom stereocenters. The van der Waals surface area contributed by atoms with E-state index in [0.717, 1.165) is 36.9 Å². The minimum atomic E-state index is -0.524. The Balaban J connectivity index is 2.10. The molecule has 0 bridgehead atoms. The topological polar surface area (TPSA) is 49.4 Å². The summed E-state index contributed by atoms with van der Waals surface area (Å²) in [4.78, 5) is 26.4. The molecule has 1 heterocycles. The van der Waals surface area contributed by atoms with Gasteiger partial charge in [0.2, 0.25) is 0 Å². The normalized spacial score (nSPS) is 19.6. The smallest absolute Gasteiger partial charge is 0.313 e. The van der Waals surface area contributed by atoms with E-state index >= 15 is 0 Å². The van der Waals surface area contributed by atoms with E-state index in [4.69, 9.17) is 0 Å². The number of nitrogens with one attached hydrogen (secondary N) is 1. The molecule has 1 N–H and O–H groups in total. The van der Waals surface area contributed by atoms with Crippen LogP contribution >= 0.6 is 0 Å². The molecule has 1 aliphatic rings. The highest BCUT2D eigenvalue weighted by Crippen LogP contribution is 2.26. The van der Waals surface area contributed by atoms with Crippen molar-refractivity contribution in [3.05, 3.63) is 29.8 Å². The average molecular weight is 302 g/mol. The highest BCUT2D eigenvalue weighted by molar-refractivity contribution is 6.39. The first-order valence-electron chi connectivity index (χ1n) is 8.25. The first-order valence-corrected chi connectivity index (χ1v) is 8.25. The Morgan fingerprint density at radius 1 is 1.32 bits per heavy atom. The van der Waals surface area contributed by atoms with E-state index in [1.807, 2.05) is 31.2 Å². The Bertz CT molecular complexity index is 542. The summed E-state index contributed by atoms with van der Waals surface area (Å²) in [6.07, 6.45) is 4.07. The van der Waals surface area contributed by atoms with E-state index in [2.05, 4.69) is 19.2 Å². The number of piperidine rings is 1. The standard InChI is InChI=1S/C18H26N2O2/c1-4-13(2)15-10-5-6-11-16(15)19-17(21)18(22)20-12-8-7-9-14(20)3/h5-6,10-11,13-14H,4,7-9,12H2,1-3H3,(H,19,21). The fraction of sp³-hybridized carbons (Fsp3) is 0.556. The Morgan fingerprint density at radius 2 is 2.05 bits per heavy atom. The van der Waals surface area contributed by atoms with Crippen LogP contribution in [0, 0.1) is 0 Å². The largest absolute Gasteiger partial charge is 0.332 e. The van der Waals surface area contributed by atoms with Crippen LogP contribution in [0.2, 0.25) is 0 Å². The van der Waals surface area contributed by atoms with Crippen molar-refractivity contribution in [2.45, 2.75) is 58.4 Å². The van der Waals surface area contributed by atoms with Crippen molar-refractivity contribution in [2.24, 2.45) is 0 Å². The molecule has 22 heavy (non-hydrogen) atoms. The van der Waals surface area contributed by atoms with Crippen LogP contribution in [-0.4, -0.2) is 29.3 Å². The molecule has 1 fully saturated rings. The van der Waals surface area contributed by atoms with E-state index < -0.39 is 11.8 Å². The maximum absolute atomic E-state index is 12.4. The Hall–Kier alpha value is -1.84. The zero-order chi connectivity index (χ0) is 16.1. The summed E-state index contributed by atoms with van der Waals surface area (Å²) in [6, 6.07) is 7.88. The molecular weight excluding hydrogens is 276 g/mol. The molecule has 2 amide bonds. The molecule has 4 nitrogen and oxygen atoms in total. The second-order valence-electron chi connectivity index (χ2n) is 6.19. The van der Waals surface area contributed by atoms with Crippen molar-refractivity contribution in [3.63, 3.8) is 0 Å². The van der Waals surface area contributed by atoms with Crippen molar-refractivity contribution in [2.75, 3.05) is 11.9 Å². The predicted octanol–water partition coefficient (Wildman–Crippen LogP) is 3.54. The zero-order valence-corrected chi connectivity index (χ0v) is 13.8. The lowest BCUT2D eigenvalue weighted by molar-refractivity contribution is -0.145. The number of hydrogen-bond donors (Lipinski definition) is 1. The van der Waals surface area contributed by atoms with Crippen LogP contribution in [-0.2, 0) is 9.59 Å². The number of carbonyl (C=O) groups excluding carboxylic acids is 2. The minimum absolute atomic E-state index is 0.150. The fourth-order valence-corrected chi connectivity index (χ4v) is 2.97. The Labute approximate surface area is 132 Å². The number of nitrogens with zero attached hydrogens (tertiary/aromatic N) is 1. The van der Waals surface area contributed by atoms with Crippen molar-refractivity contribution < 1.29 is 9.59 Å². The minimum Gasteiger partial charge on any atom is -0.332 e. The molecule has 1 saturated heterocycles. The van der Waals surface area contributed by atoms with Crippen LogP contribution in [0.3, 0.4) is 0 Å². The molecule has 1 aliphatic heterocycles. The number of benzene rings is 1. The second-order valence-corrected chi connectivity index (χ2v) is 6.19. The van der Waals surface area contributed by atoms with E-state index in [1.54, 1.807) is 4.90 Å². The van der Waals surface area contributed by atoms with Crippen LogP contribution in [0.4, 0.5) is 5.69 Å². The number of anilines is 1. The van der Waals surface area contributed by atoms with Crippen molar-refractivity contribution in [1.29, 1.82) is 0 Å². The van der Waals surface area contributed by atoms with Gasteiger partial charge in [0, 0.05) is 18.3 Å². The van der Waals surface area contributed by atoms with Crippen LogP contribution < -0.4 is 5.32 Å². The lowest BCUT2D eigenvalue weighted by atomic mass is 9.97. The summed E-state index contributed by atoms with van der Waals surface area (Å²) < 4.78 is 0. The van der Waals surface area contributed by atoms with Crippen LogP contribution in [0.25, 0.3) is 0 Å². The van der Waals surface area contributed by atoms with Crippen molar-refractivity contribution in [1.82, 2.24) is 4.90 Å². The van der Waals surface area contributed by atoms with E-state index in [0.29, 0.717) is 12.5 Å². The Kier molecular flexibility index (Phi) is 5.58. The number of carbonyl (C=O) groups is 2. The predicted molar refractivity (Wildman–Crippen MR) is 88.8 cm³/mol. The van der Waals surface area contributed by atoms with Gasteiger partial charge in [-0.05, 0) is 50.2 Å². The molecule has 0 aliphatic carbocycles. The van der Waals surface area contributed by atoms with Crippen molar-refractivity contribution in [3.8, 4) is 0 Å². The van der Waals surface area contributed by atoms with Crippen molar-refractivity contribution >= 4 is 17.5 Å². The number of amides is 2. The van der Waals surface area contributed by atoms with Gasteiger partial charge in [-0.1, -0.05) is 32.0 Å². The third-order valence-electron chi connectivity index (χ3n) is 4.61. The van der Waals surface area contributed by atoms with Gasteiger partial charge in [-0.3, -0.25) is 9.59 Å². The van der Waals surface area contributed by atoms with E-state index in [-0.39, 0.29) is 6.04 Å². The molecule has 0 aromatic heterocycles. The van der Waals surface area contributed by atoms with Crippen LogP contribution in [0.1, 0.15) is 57.9 Å². The van der Waals surface area contributed by atoms with Gasteiger partial charge in [-0.25, -0.2) is 0 Å². The third kappa shape index (κ3) is 3.67. The molecule has 2 atom stereocenters. The molecule has 0 radical (unpaired) electrons. The monoisotopic (exact) mass is 302 g/mol. The van der Waals surface area contributed by atoms with E-state index in [9.17, 15) is 9.59 Å². The van der Waals surface area contributed by atoms with E-state index in [1.165, 1.54) is 0 Å². The number of likely N-dealkylation sites (tertiary alicyclic amines) is 1. The quantitative estimate of drug-likeness (QED) is 0.868. The third-order valence-corrected chi connectivity index (χ3v) is 4.61. The average Bonchev–Trinajstić information content (AvgIpc) is 2.54. The van der Waals surface area contributed by atoms with Gasteiger partial charge >= 0.3 is 11.8 Å². The summed E-state index contributed by atoms with van der Waals surface area (Å²) in [5.74, 6) is -0.587. The summed E-state index contributed by atoms with van der Waals surface area (Å²) in [5, 5.41) is 2.81. The number of hydrogen-bond acceptors (Lipinski definition) is 2. The highest BCUT2D eigenvalue weighted by atomic mass is 16.2. The van der Waals surface area contributed by atoms with Gasteiger partial charge in [-0.15, -0.1) is 0 Å². The first-order chi connectivity index (χ1) is 10.5.